The molecule has 0 aliphatic rings. The van der Waals surface area contributed by atoms with Gasteiger partial charge in [0.1, 0.15) is 0 Å². The lowest BCUT2D eigenvalue weighted by Gasteiger charge is -1.92. The van der Waals surface area contributed by atoms with E-state index in [2.05, 4.69) is 17.1 Å². The monoisotopic (exact) mass is 166 g/mol. The summed E-state index contributed by atoms with van der Waals surface area (Å²) in [5.41, 5.74) is 0. The highest BCUT2D eigenvalue weighted by atomic mass is 16.4. The molecule has 0 fully saturated rings. The number of hydrogen-bond donors (Lipinski definition) is 0. The Labute approximate surface area is 72.5 Å². The summed E-state index contributed by atoms with van der Waals surface area (Å²) < 4.78 is 5.34. The van der Waals surface area contributed by atoms with E-state index in [9.17, 15) is 0 Å². The first-order valence-corrected chi connectivity index (χ1v) is 4.24. The Kier molecular flexibility index (Phi) is 3.02. The first-order chi connectivity index (χ1) is 5.74. The molecule has 0 aliphatic carbocycles. The summed E-state index contributed by atoms with van der Waals surface area (Å²) in [6.45, 7) is 6.12. The molecule has 0 saturated carbocycles. The van der Waals surface area contributed by atoms with Crippen LogP contribution in [-0.2, 0) is 0 Å². The van der Waals surface area contributed by atoms with E-state index in [0.29, 0.717) is 17.7 Å². The van der Waals surface area contributed by atoms with Crippen LogP contribution in [0.1, 0.15) is 44.9 Å². The molecule has 3 nitrogen and oxygen atoms in total. The lowest BCUT2D eigenvalue weighted by atomic mass is 10.2. The summed E-state index contributed by atoms with van der Waals surface area (Å²) in [5.74, 6) is 1.60. The molecule has 0 N–H and O–H groups in total. The largest absolute Gasteiger partial charge is 0.421 e. The summed E-state index contributed by atoms with van der Waals surface area (Å²) in [7, 11) is 0. The molecule has 0 atom stereocenters. The van der Waals surface area contributed by atoms with E-state index in [-0.39, 0.29) is 0 Å². The maximum Gasteiger partial charge on any atom is 0.240 e. The Hall–Kier alpha value is -1.12. The van der Waals surface area contributed by atoms with Crippen LogP contribution in [0.5, 0.6) is 0 Å². The quantitative estimate of drug-likeness (QED) is 0.692. The van der Waals surface area contributed by atoms with Gasteiger partial charge in [-0.1, -0.05) is 26.8 Å². The van der Waals surface area contributed by atoms with Crippen LogP contribution in [0.2, 0.25) is 0 Å². The number of nitrogens with zero attached hydrogens (tertiary/aromatic N) is 2. The fraction of sp³-hybridized carbons (Fsp3) is 0.556. The van der Waals surface area contributed by atoms with Crippen molar-refractivity contribution in [3.8, 4) is 0 Å². The Morgan fingerprint density at radius 3 is 2.67 bits per heavy atom. The van der Waals surface area contributed by atoms with Crippen molar-refractivity contribution < 1.29 is 4.42 Å². The van der Waals surface area contributed by atoms with Crippen LogP contribution in [0.15, 0.2) is 10.5 Å². The topological polar surface area (TPSA) is 38.9 Å². The molecule has 3 heteroatoms. The van der Waals surface area contributed by atoms with Crippen LogP contribution in [0.25, 0.3) is 6.08 Å². The van der Waals surface area contributed by atoms with Gasteiger partial charge in [0.15, 0.2) is 0 Å². The van der Waals surface area contributed by atoms with Gasteiger partial charge in [-0.2, -0.15) is 0 Å². The number of allylic oxidation sites excluding steroid dienone is 1. The molecule has 0 aromatic carbocycles. The molecule has 0 amide bonds. The van der Waals surface area contributed by atoms with Crippen molar-refractivity contribution in [1.82, 2.24) is 10.2 Å². The molecule has 0 spiro atoms. The SMILES string of the molecule is CC/C=C/c1nnc(C(C)C)o1. The first kappa shape index (κ1) is 8.97. The van der Waals surface area contributed by atoms with Gasteiger partial charge in [0.2, 0.25) is 11.8 Å². The maximum absolute atomic E-state index is 5.34. The van der Waals surface area contributed by atoms with Crippen LogP contribution in [0.4, 0.5) is 0 Å². The van der Waals surface area contributed by atoms with Crippen molar-refractivity contribution in [3.63, 3.8) is 0 Å². The lowest BCUT2D eigenvalue weighted by molar-refractivity contribution is 0.463. The molecule has 66 valence electrons. The summed E-state index contributed by atoms with van der Waals surface area (Å²) in [4.78, 5) is 0. The smallest absolute Gasteiger partial charge is 0.240 e. The zero-order chi connectivity index (χ0) is 8.97. The van der Waals surface area contributed by atoms with E-state index < -0.39 is 0 Å². The minimum absolute atomic E-state index is 0.307. The predicted molar refractivity (Wildman–Crippen MR) is 47.7 cm³/mol. The minimum atomic E-state index is 0.307. The van der Waals surface area contributed by atoms with Crippen molar-refractivity contribution in [3.05, 3.63) is 17.9 Å². The molecule has 0 bridgehead atoms. The number of aromatic nitrogens is 2. The molecule has 1 rings (SSSR count). The zero-order valence-electron chi connectivity index (χ0n) is 7.74. The third-order valence-corrected chi connectivity index (χ3v) is 1.45. The van der Waals surface area contributed by atoms with Crippen LogP contribution in [0, 0.1) is 0 Å². The van der Waals surface area contributed by atoms with Gasteiger partial charge in [-0.15, -0.1) is 10.2 Å². The third-order valence-electron chi connectivity index (χ3n) is 1.45. The third kappa shape index (κ3) is 2.19. The number of hydrogen-bond acceptors (Lipinski definition) is 3. The first-order valence-electron chi connectivity index (χ1n) is 4.24. The van der Waals surface area contributed by atoms with Crippen LogP contribution < -0.4 is 0 Å². The van der Waals surface area contributed by atoms with Crippen molar-refractivity contribution in [2.24, 2.45) is 0 Å². The van der Waals surface area contributed by atoms with E-state index in [4.69, 9.17) is 4.42 Å². The summed E-state index contributed by atoms with van der Waals surface area (Å²) in [6.07, 6.45) is 4.83. The standard InChI is InChI=1S/C9H14N2O/c1-4-5-6-8-10-11-9(12-8)7(2)3/h5-7H,4H2,1-3H3/b6-5+. The Balaban J connectivity index is 2.70. The molecule has 1 aromatic rings. The van der Waals surface area contributed by atoms with Crippen molar-refractivity contribution in [2.45, 2.75) is 33.1 Å². The van der Waals surface area contributed by atoms with Crippen molar-refractivity contribution in [1.29, 1.82) is 0 Å². The van der Waals surface area contributed by atoms with Gasteiger partial charge >= 0.3 is 0 Å². The van der Waals surface area contributed by atoms with Gasteiger partial charge < -0.3 is 4.42 Å². The lowest BCUT2D eigenvalue weighted by Crippen LogP contribution is -1.85. The highest BCUT2D eigenvalue weighted by molar-refractivity contribution is 5.36. The molecular weight excluding hydrogens is 152 g/mol. The Morgan fingerprint density at radius 1 is 1.42 bits per heavy atom. The average molecular weight is 166 g/mol. The fourth-order valence-electron chi connectivity index (χ4n) is 0.766. The average Bonchev–Trinajstić information content (AvgIpc) is 2.48. The second-order valence-electron chi connectivity index (χ2n) is 2.94. The second kappa shape index (κ2) is 4.04. The molecule has 0 unspecified atom stereocenters. The number of rotatable bonds is 3. The van der Waals surface area contributed by atoms with Gasteiger partial charge in [0.25, 0.3) is 0 Å². The van der Waals surface area contributed by atoms with Gasteiger partial charge in [0, 0.05) is 5.92 Å². The van der Waals surface area contributed by atoms with Gasteiger partial charge in [-0.05, 0) is 12.5 Å². The molecular formula is C9H14N2O. The Morgan fingerprint density at radius 2 is 2.17 bits per heavy atom. The predicted octanol–water partition coefficient (Wildman–Crippen LogP) is 2.62. The molecule has 0 aliphatic heterocycles. The summed E-state index contributed by atoms with van der Waals surface area (Å²) in [6, 6.07) is 0. The van der Waals surface area contributed by atoms with Crippen molar-refractivity contribution >= 4 is 6.08 Å². The van der Waals surface area contributed by atoms with Crippen LogP contribution >= 0.6 is 0 Å². The highest BCUT2D eigenvalue weighted by Crippen LogP contribution is 2.12. The van der Waals surface area contributed by atoms with Gasteiger partial charge in [-0.3, -0.25) is 0 Å². The van der Waals surface area contributed by atoms with Gasteiger partial charge in [-0.25, -0.2) is 0 Å². The van der Waals surface area contributed by atoms with Crippen molar-refractivity contribution in [2.75, 3.05) is 0 Å². The summed E-state index contributed by atoms with van der Waals surface area (Å²) in [5, 5.41) is 7.77. The normalized spacial score (nSPS) is 11.7. The zero-order valence-corrected chi connectivity index (χ0v) is 7.74. The van der Waals surface area contributed by atoms with Gasteiger partial charge in [0.05, 0.1) is 0 Å². The highest BCUT2D eigenvalue weighted by Gasteiger charge is 2.06. The molecule has 1 heterocycles. The van der Waals surface area contributed by atoms with E-state index in [0.717, 1.165) is 6.42 Å². The van der Waals surface area contributed by atoms with E-state index >= 15 is 0 Å². The maximum atomic E-state index is 5.34. The minimum Gasteiger partial charge on any atom is -0.421 e. The van der Waals surface area contributed by atoms with E-state index in [1.165, 1.54) is 0 Å². The molecule has 12 heavy (non-hydrogen) atoms. The second-order valence-corrected chi connectivity index (χ2v) is 2.94. The Bertz CT molecular complexity index is 263. The molecule has 0 saturated heterocycles. The fourth-order valence-corrected chi connectivity index (χ4v) is 0.766. The molecule has 1 aromatic heterocycles. The van der Waals surface area contributed by atoms with Crippen LogP contribution in [-0.4, -0.2) is 10.2 Å². The van der Waals surface area contributed by atoms with E-state index in [1.54, 1.807) is 0 Å². The molecule has 0 radical (unpaired) electrons. The summed E-state index contributed by atoms with van der Waals surface area (Å²) >= 11 is 0. The van der Waals surface area contributed by atoms with E-state index in [1.807, 2.05) is 26.0 Å². The van der Waals surface area contributed by atoms with Crippen LogP contribution in [0.3, 0.4) is 0 Å².